The van der Waals surface area contributed by atoms with E-state index in [0.717, 1.165) is 31.5 Å². The molecule has 4 nitrogen and oxygen atoms in total. The van der Waals surface area contributed by atoms with Crippen LogP contribution in [0.25, 0.3) is 0 Å². The van der Waals surface area contributed by atoms with Gasteiger partial charge in [0.1, 0.15) is 6.61 Å². The summed E-state index contributed by atoms with van der Waals surface area (Å²) < 4.78 is 5.38. The molecule has 4 heteroatoms. The molecule has 1 aromatic carbocycles. The minimum absolute atomic E-state index is 0.0232. The lowest BCUT2D eigenvalue weighted by atomic mass is 9.89. The van der Waals surface area contributed by atoms with Gasteiger partial charge < -0.3 is 9.64 Å². The molecule has 1 fully saturated rings. The molecule has 0 saturated carbocycles. The van der Waals surface area contributed by atoms with Crippen LogP contribution in [0.2, 0.25) is 0 Å². The van der Waals surface area contributed by atoms with Gasteiger partial charge in [-0.25, -0.2) is 4.79 Å². The number of hydrogen-bond acceptors (Lipinski definition) is 3. The molecule has 0 aliphatic carbocycles. The average Bonchev–Trinajstić information content (AvgIpc) is 2.64. The number of amides is 1. The Kier molecular flexibility index (Phi) is 7.23. The fourth-order valence-electron chi connectivity index (χ4n) is 3.16. The second-order valence-corrected chi connectivity index (χ2v) is 7.16. The second-order valence-electron chi connectivity index (χ2n) is 7.16. The van der Waals surface area contributed by atoms with E-state index in [0.29, 0.717) is 12.3 Å². The molecule has 25 heavy (non-hydrogen) atoms. The van der Waals surface area contributed by atoms with Gasteiger partial charge in [0.2, 0.25) is 5.91 Å². The molecular formula is C21H29NO3. The second kappa shape index (κ2) is 9.40. The van der Waals surface area contributed by atoms with Gasteiger partial charge in [0.25, 0.3) is 0 Å². The van der Waals surface area contributed by atoms with Gasteiger partial charge in [-0.1, -0.05) is 50.8 Å². The third-order valence-electron chi connectivity index (χ3n) is 4.57. The molecule has 1 aliphatic heterocycles. The zero-order valence-electron chi connectivity index (χ0n) is 15.4. The van der Waals surface area contributed by atoms with Crippen molar-refractivity contribution in [3.8, 4) is 0 Å². The van der Waals surface area contributed by atoms with Crippen molar-refractivity contribution in [1.29, 1.82) is 0 Å². The Morgan fingerprint density at radius 2 is 1.76 bits per heavy atom. The molecule has 1 aliphatic rings. The minimum Gasteiger partial charge on any atom is -0.457 e. The van der Waals surface area contributed by atoms with Crippen molar-refractivity contribution in [3.63, 3.8) is 0 Å². The number of likely N-dealkylation sites (tertiary alicyclic amines) is 1. The summed E-state index contributed by atoms with van der Waals surface area (Å²) in [6.45, 7) is 9.78. The molecule has 1 unspecified atom stereocenters. The van der Waals surface area contributed by atoms with Gasteiger partial charge in [0.05, 0.1) is 5.92 Å². The summed E-state index contributed by atoms with van der Waals surface area (Å²) in [5.74, 6) is -0.631. The van der Waals surface area contributed by atoms with Gasteiger partial charge in [-0.05, 0) is 37.2 Å². The first-order valence-electron chi connectivity index (χ1n) is 9.17. The monoisotopic (exact) mass is 343 g/mol. The molecule has 2 rings (SSSR count). The van der Waals surface area contributed by atoms with Crippen LogP contribution in [0.4, 0.5) is 0 Å². The normalized spacial score (nSPS) is 15.7. The van der Waals surface area contributed by atoms with E-state index in [1.165, 1.54) is 6.42 Å². The maximum atomic E-state index is 12.9. The van der Waals surface area contributed by atoms with Gasteiger partial charge in [0.15, 0.2) is 0 Å². The van der Waals surface area contributed by atoms with Crippen LogP contribution in [0.3, 0.4) is 0 Å². The van der Waals surface area contributed by atoms with E-state index in [-0.39, 0.29) is 18.1 Å². The number of carbonyl (C=O) groups excluding carboxylic acids is 2. The van der Waals surface area contributed by atoms with E-state index in [2.05, 4.69) is 20.4 Å². The fraction of sp³-hybridized carbons (Fsp3) is 0.524. The van der Waals surface area contributed by atoms with E-state index in [4.69, 9.17) is 4.74 Å². The Morgan fingerprint density at radius 3 is 2.36 bits per heavy atom. The summed E-state index contributed by atoms with van der Waals surface area (Å²) in [4.78, 5) is 27.2. The largest absolute Gasteiger partial charge is 0.457 e. The summed E-state index contributed by atoms with van der Waals surface area (Å²) in [5, 5.41) is 0. The first kappa shape index (κ1) is 19.2. The van der Waals surface area contributed by atoms with Crippen LogP contribution in [0.5, 0.6) is 0 Å². The van der Waals surface area contributed by atoms with Crippen molar-refractivity contribution >= 4 is 11.9 Å². The van der Waals surface area contributed by atoms with Gasteiger partial charge in [0, 0.05) is 18.7 Å². The van der Waals surface area contributed by atoms with Gasteiger partial charge in [-0.2, -0.15) is 0 Å². The number of ether oxygens (including phenoxy) is 1. The molecular weight excluding hydrogens is 314 g/mol. The summed E-state index contributed by atoms with van der Waals surface area (Å²) in [6, 6.07) is 9.53. The van der Waals surface area contributed by atoms with Crippen molar-refractivity contribution in [2.45, 2.75) is 46.1 Å². The van der Waals surface area contributed by atoms with Gasteiger partial charge >= 0.3 is 5.97 Å². The number of hydrogen-bond donors (Lipinski definition) is 0. The number of carbonyl (C=O) groups is 2. The van der Waals surface area contributed by atoms with Crippen molar-refractivity contribution in [1.82, 2.24) is 4.90 Å². The van der Waals surface area contributed by atoms with Crippen LogP contribution < -0.4 is 0 Å². The third kappa shape index (κ3) is 5.73. The van der Waals surface area contributed by atoms with Gasteiger partial charge in [-0.15, -0.1) is 0 Å². The quantitative estimate of drug-likeness (QED) is 0.556. The molecule has 0 spiro atoms. The molecule has 0 bridgehead atoms. The number of piperidine rings is 1. The lowest BCUT2D eigenvalue weighted by Crippen LogP contribution is -2.41. The highest BCUT2D eigenvalue weighted by Gasteiger charge is 2.31. The Balaban J connectivity index is 2.00. The molecule has 136 valence electrons. The first-order chi connectivity index (χ1) is 12.0. The number of nitrogens with zero attached hydrogens (tertiary/aromatic N) is 1. The van der Waals surface area contributed by atoms with Gasteiger partial charge in [-0.3, -0.25) is 4.79 Å². The van der Waals surface area contributed by atoms with Crippen molar-refractivity contribution in [2.75, 3.05) is 13.1 Å². The van der Waals surface area contributed by atoms with Crippen LogP contribution in [0.1, 0.15) is 45.1 Å². The summed E-state index contributed by atoms with van der Waals surface area (Å²) >= 11 is 0. The summed E-state index contributed by atoms with van der Waals surface area (Å²) in [5.41, 5.74) is 1.20. The number of benzene rings is 1. The predicted molar refractivity (Wildman–Crippen MR) is 98.8 cm³/mol. The molecule has 0 N–H and O–H groups in total. The van der Waals surface area contributed by atoms with Crippen LogP contribution in [-0.4, -0.2) is 29.9 Å². The summed E-state index contributed by atoms with van der Waals surface area (Å²) in [6.07, 6.45) is 3.85. The van der Waals surface area contributed by atoms with Crippen LogP contribution >= 0.6 is 0 Å². The zero-order valence-corrected chi connectivity index (χ0v) is 15.4. The predicted octanol–water partition coefficient (Wildman–Crippen LogP) is 3.96. The molecule has 1 atom stereocenters. The standard InChI is InChI=1S/C21H29NO3/c1-16(2)14-19(20(23)22-12-8-5-9-13-22)17(3)21(24)25-15-18-10-6-4-7-11-18/h4,6-7,10-11,16,19H,3,5,8-9,12-15H2,1-2H3. The van der Waals surface area contributed by atoms with Crippen molar-refractivity contribution < 1.29 is 14.3 Å². The Labute approximate surface area is 150 Å². The number of rotatable bonds is 7. The van der Waals surface area contributed by atoms with Crippen molar-refractivity contribution in [2.24, 2.45) is 11.8 Å². The molecule has 1 amide bonds. The maximum Gasteiger partial charge on any atom is 0.334 e. The smallest absolute Gasteiger partial charge is 0.334 e. The molecule has 1 aromatic rings. The van der Waals surface area contributed by atoms with Crippen molar-refractivity contribution in [3.05, 3.63) is 48.0 Å². The lowest BCUT2D eigenvalue weighted by Gasteiger charge is -2.31. The zero-order chi connectivity index (χ0) is 18.2. The highest BCUT2D eigenvalue weighted by Crippen LogP contribution is 2.25. The fourth-order valence-corrected chi connectivity index (χ4v) is 3.16. The SMILES string of the molecule is C=C(C(=O)OCc1ccccc1)C(CC(C)C)C(=O)N1CCCCC1. The number of esters is 1. The third-order valence-corrected chi connectivity index (χ3v) is 4.57. The Morgan fingerprint density at radius 1 is 1.12 bits per heavy atom. The van der Waals surface area contributed by atoms with Crippen LogP contribution in [0, 0.1) is 11.8 Å². The maximum absolute atomic E-state index is 12.9. The van der Waals surface area contributed by atoms with E-state index in [9.17, 15) is 9.59 Å². The van der Waals surface area contributed by atoms with E-state index >= 15 is 0 Å². The van der Waals surface area contributed by atoms with E-state index < -0.39 is 11.9 Å². The molecule has 1 saturated heterocycles. The highest BCUT2D eigenvalue weighted by atomic mass is 16.5. The van der Waals surface area contributed by atoms with E-state index in [1.807, 2.05) is 35.2 Å². The topological polar surface area (TPSA) is 46.6 Å². The summed E-state index contributed by atoms with van der Waals surface area (Å²) in [7, 11) is 0. The lowest BCUT2D eigenvalue weighted by molar-refractivity contribution is -0.144. The molecule has 1 heterocycles. The Bertz CT molecular complexity index is 588. The Hall–Kier alpha value is -2.10. The average molecular weight is 343 g/mol. The first-order valence-corrected chi connectivity index (χ1v) is 9.17. The van der Waals surface area contributed by atoms with Crippen LogP contribution in [-0.2, 0) is 20.9 Å². The molecule has 0 radical (unpaired) electrons. The highest BCUT2D eigenvalue weighted by molar-refractivity contribution is 5.96. The van der Waals surface area contributed by atoms with Crippen LogP contribution in [0.15, 0.2) is 42.5 Å². The minimum atomic E-state index is -0.485. The molecule has 0 aromatic heterocycles. The van der Waals surface area contributed by atoms with E-state index in [1.54, 1.807) is 0 Å².